The van der Waals surface area contributed by atoms with Crippen LogP contribution in [0.3, 0.4) is 0 Å². The van der Waals surface area contributed by atoms with Gasteiger partial charge in [-0.05, 0) is 61.6 Å². The fraction of sp³-hybridized carbons (Fsp3) is 0.480. The number of carbonyl (C=O) groups is 1. The molecule has 2 aromatic rings. The molecule has 6 heteroatoms. The lowest BCUT2D eigenvalue weighted by molar-refractivity contribution is -0.121. The smallest absolute Gasteiger partial charge is 0.220 e. The van der Waals surface area contributed by atoms with Crippen LogP contribution in [-0.2, 0) is 17.9 Å². The summed E-state index contributed by atoms with van der Waals surface area (Å²) in [5.74, 6) is 3.00. The number of hydrogen-bond acceptors (Lipinski definition) is 5. The standard InChI is InChI=1S/C25H34N2O4/c1-29-22-10-6-20(7-11-22)18-27-14-4-5-19(17-27)8-13-25(28)26-16-21-9-12-23(30-2)15-24(21)31-3/h6-7,9-12,15,19H,4-5,8,13-14,16-18H2,1-3H3,(H,26,28). The molecule has 0 saturated carbocycles. The highest BCUT2D eigenvalue weighted by Gasteiger charge is 2.21. The van der Waals surface area contributed by atoms with Crippen LogP contribution in [0.1, 0.15) is 36.8 Å². The maximum Gasteiger partial charge on any atom is 0.220 e. The number of nitrogens with one attached hydrogen (secondary N) is 1. The van der Waals surface area contributed by atoms with Gasteiger partial charge in [-0.25, -0.2) is 0 Å². The Morgan fingerprint density at radius 2 is 1.77 bits per heavy atom. The highest BCUT2D eigenvalue weighted by Crippen LogP contribution is 2.25. The molecule has 1 N–H and O–H groups in total. The van der Waals surface area contributed by atoms with Crippen LogP contribution < -0.4 is 19.5 Å². The van der Waals surface area contributed by atoms with Crippen molar-refractivity contribution in [2.24, 2.45) is 5.92 Å². The van der Waals surface area contributed by atoms with Gasteiger partial charge in [0.25, 0.3) is 0 Å². The molecular weight excluding hydrogens is 392 g/mol. The highest BCUT2D eigenvalue weighted by molar-refractivity contribution is 5.75. The van der Waals surface area contributed by atoms with Gasteiger partial charge in [0.05, 0.1) is 21.3 Å². The zero-order valence-electron chi connectivity index (χ0n) is 18.9. The van der Waals surface area contributed by atoms with Gasteiger partial charge in [0.1, 0.15) is 17.2 Å². The van der Waals surface area contributed by atoms with E-state index in [1.807, 2.05) is 30.3 Å². The van der Waals surface area contributed by atoms with E-state index in [1.165, 1.54) is 18.4 Å². The van der Waals surface area contributed by atoms with Crippen LogP contribution in [0.25, 0.3) is 0 Å². The van der Waals surface area contributed by atoms with Crippen molar-refractivity contribution < 1.29 is 19.0 Å². The lowest BCUT2D eigenvalue weighted by atomic mass is 9.93. The largest absolute Gasteiger partial charge is 0.497 e. The Hall–Kier alpha value is -2.73. The van der Waals surface area contributed by atoms with Crippen LogP contribution in [-0.4, -0.2) is 45.2 Å². The summed E-state index contributed by atoms with van der Waals surface area (Å²) in [7, 11) is 4.94. The Labute approximate surface area is 185 Å². The summed E-state index contributed by atoms with van der Waals surface area (Å²) in [4.78, 5) is 14.9. The molecule has 168 valence electrons. The molecule has 31 heavy (non-hydrogen) atoms. The van der Waals surface area contributed by atoms with Crippen LogP contribution in [0.15, 0.2) is 42.5 Å². The molecule has 2 aromatic carbocycles. The summed E-state index contributed by atoms with van der Waals surface area (Å²) in [6, 6.07) is 13.9. The number of ether oxygens (including phenoxy) is 3. The maximum atomic E-state index is 12.4. The highest BCUT2D eigenvalue weighted by atomic mass is 16.5. The molecule has 1 heterocycles. The van der Waals surface area contributed by atoms with Gasteiger partial charge in [0, 0.05) is 37.7 Å². The van der Waals surface area contributed by atoms with Crippen LogP contribution in [0, 0.1) is 5.92 Å². The van der Waals surface area contributed by atoms with Gasteiger partial charge >= 0.3 is 0 Å². The van der Waals surface area contributed by atoms with Gasteiger partial charge in [-0.1, -0.05) is 12.1 Å². The number of hydrogen-bond donors (Lipinski definition) is 1. The van der Waals surface area contributed by atoms with Gasteiger partial charge in [-0.3, -0.25) is 9.69 Å². The van der Waals surface area contributed by atoms with E-state index in [0.717, 1.165) is 48.9 Å². The average molecular weight is 427 g/mol. The molecule has 1 amide bonds. The van der Waals surface area contributed by atoms with E-state index in [9.17, 15) is 4.79 Å². The number of methoxy groups -OCH3 is 3. The molecule has 6 nitrogen and oxygen atoms in total. The predicted molar refractivity (Wildman–Crippen MR) is 122 cm³/mol. The van der Waals surface area contributed by atoms with Crippen molar-refractivity contribution in [1.82, 2.24) is 10.2 Å². The fourth-order valence-corrected chi connectivity index (χ4v) is 4.13. The molecule has 0 spiro atoms. The van der Waals surface area contributed by atoms with E-state index in [2.05, 4.69) is 22.3 Å². The molecule has 1 fully saturated rings. The van der Waals surface area contributed by atoms with Crippen molar-refractivity contribution in [2.45, 2.75) is 38.8 Å². The van der Waals surface area contributed by atoms with Crippen LogP contribution in [0.4, 0.5) is 0 Å². The van der Waals surface area contributed by atoms with Gasteiger partial charge < -0.3 is 19.5 Å². The van der Waals surface area contributed by atoms with E-state index >= 15 is 0 Å². The van der Waals surface area contributed by atoms with Gasteiger partial charge in [-0.2, -0.15) is 0 Å². The summed E-state index contributed by atoms with van der Waals surface area (Å²) in [5.41, 5.74) is 2.24. The SMILES string of the molecule is COc1ccc(CN2CCCC(CCC(=O)NCc3ccc(OC)cc3OC)C2)cc1. The molecular formula is C25H34N2O4. The Morgan fingerprint density at radius 3 is 2.48 bits per heavy atom. The number of likely N-dealkylation sites (tertiary alicyclic amines) is 1. The summed E-state index contributed by atoms with van der Waals surface area (Å²) in [5, 5.41) is 3.03. The predicted octanol–water partition coefficient (Wildman–Crippen LogP) is 4.02. The molecule has 0 aromatic heterocycles. The summed E-state index contributed by atoms with van der Waals surface area (Å²) in [6.45, 7) is 3.57. The first kappa shape index (κ1) is 22.9. The molecule has 0 aliphatic carbocycles. The first-order valence-electron chi connectivity index (χ1n) is 10.9. The quantitative estimate of drug-likeness (QED) is 0.622. The van der Waals surface area contributed by atoms with Gasteiger partial charge in [0.15, 0.2) is 0 Å². The molecule has 1 atom stereocenters. The lowest BCUT2D eigenvalue weighted by Gasteiger charge is -2.32. The Morgan fingerprint density at radius 1 is 1.03 bits per heavy atom. The third-order valence-corrected chi connectivity index (χ3v) is 5.92. The van der Waals surface area contributed by atoms with Crippen molar-refractivity contribution in [3.8, 4) is 17.2 Å². The van der Waals surface area contributed by atoms with Crippen molar-refractivity contribution in [3.05, 3.63) is 53.6 Å². The number of benzene rings is 2. The Kier molecular flexibility index (Phi) is 8.59. The minimum Gasteiger partial charge on any atom is -0.497 e. The maximum absolute atomic E-state index is 12.4. The molecule has 1 unspecified atom stereocenters. The van der Waals surface area contributed by atoms with E-state index in [1.54, 1.807) is 21.3 Å². The summed E-state index contributed by atoms with van der Waals surface area (Å²) in [6.07, 6.45) is 3.86. The fourth-order valence-electron chi connectivity index (χ4n) is 4.13. The van der Waals surface area contributed by atoms with Crippen molar-refractivity contribution in [3.63, 3.8) is 0 Å². The minimum absolute atomic E-state index is 0.0881. The van der Waals surface area contributed by atoms with E-state index in [-0.39, 0.29) is 5.91 Å². The summed E-state index contributed by atoms with van der Waals surface area (Å²) >= 11 is 0. The van der Waals surface area contributed by atoms with E-state index in [4.69, 9.17) is 14.2 Å². The third-order valence-electron chi connectivity index (χ3n) is 5.92. The van der Waals surface area contributed by atoms with Crippen LogP contribution in [0.5, 0.6) is 17.2 Å². The summed E-state index contributed by atoms with van der Waals surface area (Å²) < 4.78 is 15.9. The second-order valence-electron chi connectivity index (χ2n) is 8.08. The Bertz CT molecular complexity index is 838. The third kappa shape index (κ3) is 6.89. The van der Waals surface area contributed by atoms with Gasteiger partial charge in [-0.15, -0.1) is 0 Å². The monoisotopic (exact) mass is 426 g/mol. The molecule has 0 bridgehead atoms. The number of amides is 1. The van der Waals surface area contributed by atoms with E-state index < -0.39 is 0 Å². The molecule has 1 aliphatic rings. The second kappa shape index (κ2) is 11.6. The van der Waals surface area contributed by atoms with E-state index in [0.29, 0.717) is 18.9 Å². The topological polar surface area (TPSA) is 60.0 Å². The van der Waals surface area contributed by atoms with Crippen LogP contribution >= 0.6 is 0 Å². The van der Waals surface area contributed by atoms with Gasteiger partial charge in [0.2, 0.25) is 5.91 Å². The number of rotatable bonds is 10. The van der Waals surface area contributed by atoms with Crippen molar-refractivity contribution in [2.75, 3.05) is 34.4 Å². The zero-order chi connectivity index (χ0) is 22.1. The molecule has 3 rings (SSSR count). The number of carbonyl (C=O) groups excluding carboxylic acids is 1. The minimum atomic E-state index is 0.0881. The first-order valence-corrected chi connectivity index (χ1v) is 10.9. The Balaban J connectivity index is 1.42. The number of piperidine rings is 1. The second-order valence-corrected chi connectivity index (χ2v) is 8.08. The normalized spacial score (nSPS) is 16.5. The zero-order valence-corrected chi connectivity index (χ0v) is 18.9. The number of nitrogens with zero attached hydrogens (tertiary/aromatic N) is 1. The molecule has 0 radical (unpaired) electrons. The van der Waals surface area contributed by atoms with Crippen molar-refractivity contribution >= 4 is 5.91 Å². The molecule has 1 saturated heterocycles. The molecule has 1 aliphatic heterocycles. The first-order chi connectivity index (χ1) is 15.1. The van der Waals surface area contributed by atoms with Crippen LogP contribution in [0.2, 0.25) is 0 Å². The van der Waals surface area contributed by atoms with Crippen molar-refractivity contribution in [1.29, 1.82) is 0 Å². The lowest BCUT2D eigenvalue weighted by Crippen LogP contribution is -2.35. The average Bonchev–Trinajstić information content (AvgIpc) is 2.82.